The van der Waals surface area contributed by atoms with Crippen molar-refractivity contribution in [1.29, 1.82) is 0 Å². The van der Waals surface area contributed by atoms with Crippen LogP contribution in [-0.2, 0) is 14.3 Å². The Morgan fingerprint density at radius 1 is 1.43 bits per heavy atom. The van der Waals surface area contributed by atoms with Crippen LogP contribution in [0.4, 0.5) is 0 Å². The normalized spacial score (nSPS) is 11.9. The third kappa shape index (κ3) is 5.35. The van der Waals surface area contributed by atoms with Gasteiger partial charge in [0.15, 0.2) is 0 Å². The topological polar surface area (TPSA) is 63.6 Å². The van der Waals surface area contributed by atoms with Gasteiger partial charge in [-0.2, -0.15) is 0 Å². The van der Waals surface area contributed by atoms with E-state index in [0.29, 0.717) is 0 Å². The van der Waals surface area contributed by atoms with Gasteiger partial charge in [0.1, 0.15) is 0 Å². The van der Waals surface area contributed by atoms with E-state index in [9.17, 15) is 9.59 Å². The Hall–Kier alpha value is -1.32. The van der Waals surface area contributed by atoms with E-state index in [4.69, 9.17) is 9.84 Å². The largest absolute Gasteiger partial charge is 0.478 e. The highest BCUT2D eigenvalue weighted by atomic mass is 16.5. The minimum atomic E-state index is -1.07. The van der Waals surface area contributed by atoms with Crippen molar-refractivity contribution in [2.45, 2.75) is 39.2 Å². The van der Waals surface area contributed by atoms with E-state index >= 15 is 0 Å². The summed E-state index contributed by atoms with van der Waals surface area (Å²) in [7, 11) is 0. The highest BCUT2D eigenvalue weighted by Gasteiger charge is 2.10. The second-order valence-corrected chi connectivity index (χ2v) is 3.12. The van der Waals surface area contributed by atoms with Crippen molar-refractivity contribution in [3.63, 3.8) is 0 Å². The highest BCUT2D eigenvalue weighted by molar-refractivity contribution is 5.86. The van der Waals surface area contributed by atoms with Crippen LogP contribution in [0.15, 0.2) is 12.2 Å². The minimum Gasteiger partial charge on any atom is -0.478 e. The van der Waals surface area contributed by atoms with Crippen LogP contribution in [0.25, 0.3) is 0 Å². The van der Waals surface area contributed by atoms with Crippen molar-refractivity contribution in [2.75, 3.05) is 0 Å². The minimum absolute atomic E-state index is 0.0334. The fourth-order valence-electron chi connectivity index (χ4n) is 0.727. The molecule has 0 saturated carbocycles. The van der Waals surface area contributed by atoms with Crippen LogP contribution >= 0.6 is 0 Å². The van der Waals surface area contributed by atoms with Crippen LogP contribution in [0.5, 0.6) is 0 Å². The third-order valence-corrected chi connectivity index (χ3v) is 1.84. The SMILES string of the molecule is C=C(CCC(=O)OC(C)CC)C(=O)O. The Bertz CT molecular complexity index is 232. The van der Waals surface area contributed by atoms with Crippen LogP contribution in [0.2, 0.25) is 0 Å². The lowest BCUT2D eigenvalue weighted by molar-refractivity contribution is -0.148. The molecule has 0 aromatic carbocycles. The molecule has 0 spiro atoms. The van der Waals surface area contributed by atoms with Crippen LogP contribution in [0.1, 0.15) is 33.1 Å². The zero-order valence-electron chi connectivity index (χ0n) is 8.58. The molecule has 4 heteroatoms. The molecule has 1 atom stereocenters. The van der Waals surface area contributed by atoms with Crippen molar-refractivity contribution < 1.29 is 19.4 Å². The molecule has 1 unspecified atom stereocenters. The number of hydrogen-bond donors (Lipinski definition) is 1. The van der Waals surface area contributed by atoms with E-state index in [1.165, 1.54) is 0 Å². The fourth-order valence-corrected chi connectivity index (χ4v) is 0.727. The molecule has 0 aromatic rings. The smallest absolute Gasteiger partial charge is 0.330 e. The molecule has 0 heterocycles. The van der Waals surface area contributed by atoms with Gasteiger partial charge in [0.2, 0.25) is 0 Å². The van der Waals surface area contributed by atoms with Crippen LogP contribution in [0, 0.1) is 0 Å². The van der Waals surface area contributed by atoms with Crippen molar-refractivity contribution in [3.05, 3.63) is 12.2 Å². The average molecular weight is 200 g/mol. The number of carboxylic acid groups (broad SMARTS) is 1. The maximum absolute atomic E-state index is 11.1. The second kappa shape index (κ2) is 6.18. The fraction of sp³-hybridized carbons (Fsp3) is 0.600. The van der Waals surface area contributed by atoms with E-state index in [0.717, 1.165) is 6.42 Å². The maximum Gasteiger partial charge on any atom is 0.330 e. The first-order chi connectivity index (χ1) is 6.47. The van der Waals surface area contributed by atoms with Crippen molar-refractivity contribution >= 4 is 11.9 Å². The molecule has 0 radical (unpaired) electrons. The summed E-state index contributed by atoms with van der Waals surface area (Å²) in [5, 5.41) is 8.47. The molecule has 4 nitrogen and oxygen atoms in total. The number of carbonyl (C=O) groups is 2. The predicted molar refractivity (Wildman–Crippen MR) is 51.9 cm³/mol. The molecular formula is C10H16O4. The van der Waals surface area contributed by atoms with Gasteiger partial charge in [-0.05, 0) is 19.8 Å². The van der Waals surface area contributed by atoms with Crippen molar-refractivity contribution in [2.24, 2.45) is 0 Å². The third-order valence-electron chi connectivity index (χ3n) is 1.84. The van der Waals surface area contributed by atoms with Gasteiger partial charge in [0, 0.05) is 12.0 Å². The van der Waals surface area contributed by atoms with Gasteiger partial charge < -0.3 is 9.84 Å². The summed E-state index contributed by atoms with van der Waals surface area (Å²) in [5.41, 5.74) is 0.0334. The zero-order valence-corrected chi connectivity index (χ0v) is 8.58. The Morgan fingerprint density at radius 3 is 2.43 bits per heavy atom. The molecule has 0 aromatic heterocycles. The molecule has 0 amide bonds. The lowest BCUT2D eigenvalue weighted by atomic mass is 10.2. The summed E-state index contributed by atoms with van der Waals surface area (Å²) in [6.45, 7) is 7.02. The molecule has 0 aliphatic heterocycles. The maximum atomic E-state index is 11.1. The van der Waals surface area contributed by atoms with Gasteiger partial charge in [0.25, 0.3) is 0 Å². The molecule has 80 valence electrons. The van der Waals surface area contributed by atoms with E-state index in [1.807, 2.05) is 6.92 Å². The number of aliphatic carboxylic acids is 1. The predicted octanol–water partition coefficient (Wildman–Crippen LogP) is 1.75. The lowest BCUT2D eigenvalue weighted by Crippen LogP contribution is -2.14. The molecule has 0 fully saturated rings. The summed E-state index contributed by atoms with van der Waals surface area (Å²) in [6, 6.07) is 0. The Morgan fingerprint density at radius 2 is 2.00 bits per heavy atom. The van der Waals surface area contributed by atoms with Crippen LogP contribution < -0.4 is 0 Å². The van der Waals surface area contributed by atoms with Gasteiger partial charge in [0.05, 0.1) is 6.10 Å². The molecule has 14 heavy (non-hydrogen) atoms. The Labute approximate surface area is 83.6 Å². The quantitative estimate of drug-likeness (QED) is 0.524. The summed E-state index contributed by atoms with van der Waals surface area (Å²) in [5.74, 6) is -1.44. The number of carbonyl (C=O) groups excluding carboxylic acids is 1. The van der Waals surface area contributed by atoms with E-state index in [2.05, 4.69) is 6.58 Å². The van der Waals surface area contributed by atoms with E-state index in [1.54, 1.807) is 6.92 Å². The molecule has 0 aliphatic rings. The molecule has 0 bridgehead atoms. The summed E-state index contributed by atoms with van der Waals surface area (Å²) in [6.07, 6.45) is 0.867. The van der Waals surface area contributed by atoms with Gasteiger partial charge in [-0.3, -0.25) is 4.79 Å². The highest BCUT2D eigenvalue weighted by Crippen LogP contribution is 2.06. The van der Waals surface area contributed by atoms with E-state index < -0.39 is 5.97 Å². The number of ether oxygens (including phenoxy) is 1. The van der Waals surface area contributed by atoms with Crippen LogP contribution in [-0.4, -0.2) is 23.1 Å². The van der Waals surface area contributed by atoms with Crippen LogP contribution in [0.3, 0.4) is 0 Å². The second-order valence-electron chi connectivity index (χ2n) is 3.12. The monoisotopic (exact) mass is 200 g/mol. The van der Waals surface area contributed by atoms with Gasteiger partial charge >= 0.3 is 11.9 Å². The number of esters is 1. The van der Waals surface area contributed by atoms with E-state index in [-0.39, 0.29) is 30.5 Å². The summed E-state index contributed by atoms with van der Waals surface area (Å²) < 4.78 is 4.96. The van der Waals surface area contributed by atoms with Gasteiger partial charge in [-0.15, -0.1) is 0 Å². The molecule has 0 aliphatic carbocycles. The first kappa shape index (κ1) is 12.7. The Balaban J connectivity index is 3.75. The summed E-state index contributed by atoms with van der Waals surface area (Å²) >= 11 is 0. The lowest BCUT2D eigenvalue weighted by Gasteiger charge is -2.10. The zero-order chi connectivity index (χ0) is 11.1. The standard InChI is InChI=1S/C10H16O4/c1-4-8(3)14-9(11)6-5-7(2)10(12)13/h8H,2,4-6H2,1,3H3,(H,12,13). The molecular weight excluding hydrogens is 184 g/mol. The average Bonchev–Trinajstić information content (AvgIpc) is 2.13. The molecule has 0 saturated heterocycles. The number of carboxylic acids is 1. The number of hydrogen-bond acceptors (Lipinski definition) is 3. The first-order valence-electron chi connectivity index (χ1n) is 4.58. The molecule has 1 N–H and O–H groups in total. The summed E-state index contributed by atoms with van der Waals surface area (Å²) in [4.78, 5) is 21.4. The first-order valence-corrected chi connectivity index (χ1v) is 4.58. The van der Waals surface area contributed by atoms with Gasteiger partial charge in [-0.25, -0.2) is 4.79 Å². The number of rotatable bonds is 6. The Kier molecular flexibility index (Phi) is 5.60. The van der Waals surface area contributed by atoms with Crippen molar-refractivity contribution in [3.8, 4) is 0 Å². The van der Waals surface area contributed by atoms with Gasteiger partial charge in [-0.1, -0.05) is 13.5 Å². The molecule has 0 rings (SSSR count). The van der Waals surface area contributed by atoms with Crippen molar-refractivity contribution in [1.82, 2.24) is 0 Å².